The molecular formula is C13H15NS. The molecule has 2 aliphatic rings. The summed E-state index contributed by atoms with van der Waals surface area (Å²) in [6.07, 6.45) is 8.54. The van der Waals surface area contributed by atoms with Crippen molar-refractivity contribution in [3.63, 3.8) is 0 Å². The van der Waals surface area contributed by atoms with Gasteiger partial charge in [0.15, 0.2) is 0 Å². The highest BCUT2D eigenvalue weighted by atomic mass is 32.1. The predicted octanol–water partition coefficient (Wildman–Crippen LogP) is 3.57. The van der Waals surface area contributed by atoms with Crippen LogP contribution in [-0.2, 0) is 18.3 Å². The fraction of sp³-hybridized carbons (Fsp3) is 0.615. The van der Waals surface area contributed by atoms with Gasteiger partial charge in [-0.25, -0.2) is 0 Å². The maximum atomic E-state index is 9.36. The van der Waals surface area contributed by atoms with Crippen LogP contribution >= 0.6 is 11.3 Å². The van der Waals surface area contributed by atoms with Crippen LogP contribution < -0.4 is 0 Å². The van der Waals surface area contributed by atoms with Crippen LogP contribution in [0.5, 0.6) is 0 Å². The number of fused-ring (bicyclic) bond motifs is 1. The van der Waals surface area contributed by atoms with Crippen molar-refractivity contribution in [2.45, 2.75) is 50.4 Å². The summed E-state index contributed by atoms with van der Waals surface area (Å²) in [5.41, 5.74) is 2.87. The topological polar surface area (TPSA) is 23.8 Å². The average molecular weight is 217 g/mol. The van der Waals surface area contributed by atoms with Crippen molar-refractivity contribution >= 4 is 11.3 Å². The molecule has 78 valence electrons. The molecule has 2 aliphatic carbocycles. The molecule has 1 heterocycles. The Bertz CT molecular complexity index is 420. The van der Waals surface area contributed by atoms with E-state index in [1.165, 1.54) is 37.7 Å². The largest absolute Gasteiger partial charge is 0.197 e. The smallest absolute Gasteiger partial charge is 0.0833 e. The molecule has 15 heavy (non-hydrogen) atoms. The van der Waals surface area contributed by atoms with E-state index in [-0.39, 0.29) is 5.41 Å². The summed E-state index contributed by atoms with van der Waals surface area (Å²) in [4.78, 5) is 1.57. The van der Waals surface area contributed by atoms with Crippen LogP contribution in [0.2, 0.25) is 0 Å². The number of thiophene rings is 1. The molecule has 1 fully saturated rings. The first-order valence-corrected chi connectivity index (χ1v) is 6.75. The Morgan fingerprint density at radius 2 is 2.00 bits per heavy atom. The summed E-state index contributed by atoms with van der Waals surface area (Å²) in [6.45, 7) is 0. The zero-order chi connectivity index (χ0) is 10.3. The van der Waals surface area contributed by atoms with Gasteiger partial charge in [-0.3, -0.25) is 0 Å². The first-order valence-electron chi connectivity index (χ1n) is 5.87. The second-order valence-corrected chi connectivity index (χ2v) is 5.77. The Balaban J connectivity index is 2.05. The van der Waals surface area contributed by atoms with Crippen molar-refractivity contribution in [1.29, 1.82) is 5.26 Å². The number of rotatable bonds is 1. The molecule has 1 aromatic heterocycles. The van der Waals surface area contributed by atoms with Crippen LogP contribution in [0.1, 0.15) is 48.1 Å². The number of nitrogens with zero attached hydrogens (tertiary/aromatic N) is 1. The highest BCUT2D eigenvalue weighted by Gasteiger charge is 2.41. The minimum Gasteiger partial charge on any atom is -0.197 e. The van der Waals surface area contributed by atoms with E-state index in [1.54, 1.807) is 10.4 Å². The summed E-state index contributed by atoms with van der Waals surface area (Å²) < 4.78 is 0. The molecule has 0 atom stereocenters. The van der Waals surface area contributed by atoms with Gasteiger partial charge in [0.1, 0.15) is 0 Å². The molecule has 1 aromatic rings. The summed E-state index contributed by atoms with van der Waals surface area (Å²) in [5, 5.41) is 11.6. The number of nitriles is 1. The molecule has 2 heteroatoms. The minimum atomic E-state index is -0.0819. The van der Waals surface area contributed by atoms with Crippen molar-refractivity contribution in [2.75, 3.05) is 0 Å². The Labute approximate surface area is 94.7 Å². The van der Waals surface area contributed by atoms with Crippen LogP contribution in [-0.4, -0.2) is 0 Å². The SMILES string of the molecule is N#CC1(c2csc3c2CCCC3)CCC1. The van der Waals surface area contributed by atoms with Crippen LogP contribution in [0, 0.1) is 11.3 Å². The lowest BCUT2D eigenvalue weighted by atomic mass is 9.64. The second kappa shape index (κ2) is 3.35. The van der Waals surface area contributed by atoms with Gasteiger partial charge in [-0.15, -0.1) is 11.3 Å². The Morgan fingerprint density at radius 3 is 2.67 bits per heavy atom. The second-order valence-electron chi connectivity index (χ2n) is 4.81. The molecule has 0 saturated heterocycles. The van der Waals surface area contributed by atoms with Gasteiger partial charge in [0.25, 0.3) is 0 Å². The summed E-state index contributed by atoms with van der Waals surface area (Å²) >= 11 is 1.89. The summed E-state index contributed by atoms with van der Waals surface area (Å²) in [5.74, 6) is 0. The van der Waals surface area contributed by atoms with Crippen LogP contribution in [0.25, 0.3) is 0 Å². The van der Waals surface area contributed by atoms with Crippen LogP contribution in [0.4, 0.5) is 0 Å². The fourth-order valence-corrected chi connectivity index (χ4v) is 4.11. The molecule has 0 bridgehead atoms. The molecule has 0 radical (unpaired) electrons. The molecule has 0 unspecified atom stereocenters. The molecule has 1 saturated carbocycles. The van der Waals surface area contributed by atoms with Gasteiger partial charge in [-0.2, -0.15) is 5.26 Å². The summed E-state index contributed by atoms with van der Waals surface area (Å²) in [7, 11) is 0. The molecule has 3 rings (SSSR count). The third kappa shape index (κ3) is 1.26. The lowest BCUT2D eigenvalue weighted by molar-refractivity contribution is 0.322. The first kappa shape index (κ1) is 9.42. The van der Waals surface area contributed by atoms with E-state index in [2.05, 4.69) is 11.4 Å². The third-order valence-corrected chi connectivity index (χ3v) is 5.09. The van der Waals surface area contributed by atoms with E-state index >= 15 is 0 Å². The standard InChI is InChI=1S/C13H15NS/c14-9-13(6-3-7-13)11-8-15-12-5-2-1-4-10(11)12/h8H,1-7H2. The molecule has 0 spiro atoms. The van der Waals surface area contributed by atoms with Crippen molar-refractivity contribution in [2.24, 2.45) is 0 Å². The fourth-order valence-electron chi connectivity index (χ4n) is 2.87. The lowest BCUT2D eigenvalue weighted by Gasteiger charge is -2.36. The van der Waals surface area contributed by atoms with Gasteiger partial charge in [0.2, 0.25) is 0 Å². The van der Waals surface area contributed by atoms with Crippen molar-refractivity contribution < 1.29 is 0 Å². The molecule has 0 amide bonds. The highest BCUT2D eigenvalue weighted by Crippen LogP contribution is 2.47. The Hall–Kier alpha value is -0.810. The van der Waals surface area contributed by atoms with Crippen molar-refractivity contribution in [3.8, 4) is 6.07 Å². The molecule has 0 N–H and O–H groups in total. The van der Waals surface area contributed by atoms with Gasteiger partial charge in [0, 0.05) is 4.88 Å². The maximum Gasteiger partial charge on any atom is 0.0833 e. The van der Waals surface area contributed by atoms with E-state index in [1.807, 2.05) is 11.3 Å². The maximum absolute atomic E-state index is 9.36. The zero-order valence-electron chi connectivity index (χ0n) is 8.88. The number of aryl methyl sites for hydroxylation is 1. The Kier molecular flexibility index (Phi) is 2.10. The minimum absolute atomic E-state index is 0.0819. The number of hydrogen-bond donors (Lipinski definition) is 0. The van der Waals surface area contributed by atoms with E-state index < -0.39 is 0 Å². The van der Waals surface area contributed by atoms with E-state index in [0.717, 1.165) is 12.8 Å². The van der Waals surface area contributed by atoms with E-state index in [0.29, 0.717) is 0 Å². The lowest BCUT2D eigenvalue weighted by Crippen LogP contribution is -2.33. The van der Waals surface area contributed by atoms with E-state index in [9.17, 15) is 5.26 Å². The van der Waals surface area contributed by atoms with Gasteiger partial charge in [-0.1, -0.05) is 0 Å². The van der Waals surface area contributed by atoms with Gasteiger partial charge in [-0.05, 0) is 61.5 Å². The third-order valence-electron chi connectivity index (χ3n) is 4.00. The molecule has 1 nitrogen and oxygen atoms in total. The first-order chi connectivity index (χ1) is 7.36. The van der Waals surface area contributed by atoms with Crippen molar-refractivity contribution in [3.05, 3.63) is 21.4 Å². The molecule has 0 aromatic carbocycles. The molecule has 0 aliphatic heterocycles. The quantitative estimate of drug-likeness (QED) is 0.705. The van der Waals surface area contributed by atoms with Gasteiger partial charge < -0.3 is 0 Å². The predicted molar refractivity (Wildman–Crippen MR) is 62.1 cm³/mol. The van der Waals surface area contributed by atoms with Gasteiger partial charge >= 0.3 is 0 Å². The monoisotopic (exact) mass is 217 g/mol. The van der Waals surface area contributed by atoms with Crippen LogP contribution in [0.15, 0.2) is 5.38 Å². The Morgan fingerprint density at radius 1 is 1.20 bits per heavy atom. The zero-order valence-corrected chi connectivity index (χ0v) is 9.70. The van der Waals surface area contributed by atoms with Crippen LogP contribution in [0.3, 0.4) is 0 Å². The van der Waals surface area contributed by atoms with Gasteiger partial charge in [0.05, 0.1) is 11.5 Å². The van der Waals surface area contributed by atoms with Crippen molar-refractivity contribution in [1.82, 2.24) is 0 Å². The highest BCUT2D eigenvalue weighted by molar-refractivity contribution is 7.10. The number of hydrogen-bond acceptors (Lipinski definition) is 2. The molecular weight excluding hydrogens is 202 g/mol. The van der Waals surface area contributed by atoms with E-state index in [4.69, 9.17) is 0 Å². The summed E-state index contributed by atoms with van der Waals surface area (Å²) in [6, 6.07) is 2.57. The normalized spacial score (nSPS) is 22.6. The average Bonchev–Trinajstić information content (AvgIpc) is 2.62.